The Balaban J connectivity index is 1.45. The molecule has 4 rings (SSSR count). The van der Waals surface area contributed by atoms with Crippen LogP contribution in [0, 0.1) is 5.82 Å². The van der Waals surface area contributed by atoms with Crippen LogP contribution in [-0.4, -0.2) is 34.9 Å². The van der Waals surface area contributed by atoms with Crippen molar-refractivity contribution in [3.8, 4) is 11.5 Å². The molecule has 1 aromatic heterocycles. The van der Waals surface area contributed by atoms with Gasteiger partial charge in [-0.25, -0.2) is 14.0 Å². The molecule has 1 atom stereocenters. The number of fused-ring (bicyclic) bond motifs is 2. The summed E-state index contributed by atoms with van der Waals surface area (Å²) < 4.78 is 23.7. The molecule has 2 heterocycles. The maximum atomic E-state index is 13.3. The fourth-order valence-corrected chi connectivity index (χ4v) is 3.05. The van der Waals surface area contributed by atoms with Gasteiger partial charge in [-0.2, -0.15) is 0 Å². The van der Waals surface area contributed by atoms with Gasteiger partial charge in [0, 0.05) is 35.3 Å². The van der Waals surface area contributed by atoms with Crippen LogP contribution in [0.15, 0.2) is 42.6 Å². The lowest BCUT2D eigenvalue weighted by Crippen LogP contribution is -2.44. The second-order valence-corrected chi connectivity index (χ2v) is 6.27. The predicted molar refractivity (Wildman–Crippen MR) is 98.1 cm³/mol. The van der Waals surface area contributed by atoms with Crippen molar-refractivity contribution in [2.24, 2.45) is 0 Å². The van der Waals surface area contributed by atoms with E-state index in [1.807, 2.05) is 0 Å². The number of rotatable bonds is 5. The van der Waals surface area contributed by atoms with Crippen molar-refractivity contribution in [1.29, 1.82) is 0 Å². The molecule has 9 heteroatoms. The van der Waals surface area contributed by atoms with Crippen molar-refractivity contribution in [1.82, 2.24) is 10.3 Å². The Hall–Kier alpha value is -3.75. The summed E-state index contributed by atoms with van der Waals surface area (Å²) in [6.45, 7) is 0.112. The van der Waals surface area contributed by atoms with E-state index in [1.165, 1.54) is 12.1 Å². The summed E-state index contributed by atoms with van der Waals surface area (Å²) in [5, 5.41) is 15.2. The first-order chi connectivity index (χ1) is 13.5. The van der Waals surface area contributed by atoms with Gasteiger partial charge in [0.05, 0.1) is 0 Å². The third-order valence-corrected chi connectivity index (χ3v) is 4.39. The van der Waals surface area contributed by atoms with Crippen molar-refractivity contribution < 1.29 is 28.6 Å². The predicted octanol–water partition coefficient (Wildman–Crippen LogP) is 2.85. The van der Waals surface area contributed by atoms with E-state index in [0.29, 0.717) is 33.7 Å². The number of carboxylic acid groups (broad SMARTS) is 1. The van der Waals surface area contributed by atoms with Crippen LogP contribution in [0.25, 0.3) is 10.9 Å². The molecule has 0 fully saturated rings. The van der Waals surface area contributed by atoms with Crippen molar-refractivity contribution in [2.75, 3.05) is 12.1 Å². The monoisotopic (exact) mass is 385 g/mol. The first-order valence-corrected chi connectivity index (χ1v) is 8.45. The van der Waals surface area contributed by atoms with Crippen LogP contribution in [0.2, 0.25) is 0 Å². The van der Waals surface area contributed by atoms with Gasteiger partial charge in [0.1, 0.15) is 11.9 Å². The number of hydrogen-bond acceptors (Lipinski definition) is 4. The quantitative estimate of drug-likeness (QED) is 0.540. The molecule has 0 bridgehead atoms. The van der Waals surface area contributed by atoms with Gasteiger partial charge < -0.3 is 30.2 Å². The third-order valence-electron chi connectivity index (χ3n) is 4.39. The van der Waals surface area contributed by atoms with E-state index >= 15 is 0 Å². The lowest BCUT2D eigenvalue weighted by atomic mass is 10.1. The number of aromatic amines is 1. The summed E-state index contributed by atoms with van der Waals surface area (Å²) in [6.07, 6.45) is 1.65. The van der Waals surface area contributed by atoms with Crippen LogP contribution in [0.3, 0.4) is 0 Å². The van der Waals surface area contributed by atoms with Gasteiger partial charge in [0.15, 0.2) is 11.5 Å². The molecule has 28 heavy (non-hydrogen) atoms. The number of amides is 2. The highest BCUT2D eigenvalue weighted by atomic mass is 19.1. The fraction of sp³-hybridized carbons (Fsp3) is 0.158. The smallest absolute Gasteiger partial charge is 0.326 e. The average molecular weight is 385 g/mol. The zero-order valence-corrected chi connectivity index (χ0v) is 14.5. The van der Waals surface area contributed by atoms with Gasteiger partial charge in [0.2, 0.25) is 6.79 Å². The average Bonchev–Trinajstić information content (AvgIpc) is 3.27. The minimum absolute atomic E-state index is 0.0372. The van der Waals surface area contributed by atoms with Crippen LogP contribution in [0.1, 0.15) is 5.56 Å². The molecule has 0 radical (unpaired) electrons. The normalized spacial score (nSPS) is 13.3. The number of carboxylic acids is 1. The van der Waals surface area contributed by atoms with Gasteiger partial charge in [-0.1, -0.05) is 0 Å². The van der Waals surface area contributed by atoms with Crippen LogP contribution >= 0.6 is 0 Å². The summed E-state index contributed by atoms with van der Waals surface area (Å²) >= 11 is 0. The molecule has 0 aliphatic carbocycles. The van der Waals surface area contributed by atoms with Gasteiger partial charge in [-0.05, 0) is 35.9 Å². The first kappa shape index (κ1) is 17.7. The lowest BCUT2D eigenvalue weighted by molar-refractivity contribution is -0.139. The standard InChI is InChI=1S/C19H16FN3O5/c20-11-1-3-13-10(8-21-14(13)6-11)5-15(18(24)25)23-19(26)22-12-2-4-16-17(7-12)28-9-27-16/h1-4,6-8,15,21H,5,9H2,(H,24,25)(H2,22,23,26). The zero-order valence-electron chi connectivity index (χ0n) is 14.5. The highest BCUT2D eigenvalue weighted by Gasteiger charge is 2.22. The fourth-order valence-electron chi connectivity index (χ4n) is 3.05. The van der Waals surface area contributed by atoms with Gasteiger partial charge in [-0.15, -0.1) is 0 Å². The van der Waals surface area contributed by atoms with Crippen molar-refractivity contribution in [3.05, 3.63) is 54.0 Å². The Morgan fingerprint density at radius 2 is 2.00 bits per heavy atom. The summed E-state index contributed by atoms with van der Waals surface area (Å²) in [6, 6.07) is 7.22. The minimum Gasteiger partial charge on any atom is -0.480 e. The van der Waals surface area contributed by atoms with Crippen LogP contribution in [0.5, 0.6) is 11.5 Å². The van der Waals surface area contributed by atoms with E-state index in [9.17, 15) is 19.1 Å². The minimum atomic E-state index is -1.18. The van der Waals surface area contributed by atoms with E-state index in [1.54, 1.807) is 30.5 Å². The Morgan fingerprint density at radius 1 is 1.18 bits per heavy atom. The molecule has 144 valence electrons. The molecule has 1 aliphatic heterocycles. The summed E-state index contributed by atoms with van der Waals surface area (Å²) in [4.78, 5) is 26.8. The second-order valence-electron chi connectivity index (χ2n) is 6.27. The lowest BCUT2D eigenvalue weighted by Gasteiger charge is -2.15. The summed E-state index contributed by atoms with van der Waals surface area (Å²) in [5.41, 5.74) is 1.66. The zero-order chi connectivity index (χ0) is 19.7. The molecule has 0 saturated heterocycles. The maximum absolute atomic E-state index is 13.3. The Labute approximate surface area is 158 Å². The number of halogens is 1. The highest BCUT2D eigenvalue weighted by Crippen LogP contribution is 2.34. The van der Waals surface area contributed by atoms with E-state index < -0.39 is 23.9 Å². The largest absolute Gasteiger partial charge is 0.480 e. The number of anilines is 1. The summed E-state index contributed by atoms with van der Waals surface area (Å²) in [5.74, 6) is -0.502. The molecule has 0 spiro atoms. The molecule has 4 N–H and O–H groups in total. The Bertz CT molecular complexity index is 1060. The Morgan fingerprint density at radius 3 is 2.82 bits per heavy atom. The van der Waals surface area contributed by atoms with Gasteiger partial charge >= 0.3 is 12.0 Å². The molecular formula is C19H16FN3O5. The van der Waals surface area contributed by atoms with Gasteiger partial charge in [-0.3, -0.25) is 0 Å². The second kappa shape index (κ2) is 7.10. The molecule has 0 saturated carbocycles. The number of ether oxygens (including phenoxy) is 2. The molecular weight excluding hydrogens is 369 g/mol. The van der Waals surface area contributed by atoms with Gasteiger partial charge in [0.25, 0.3) is 0 Å². The number of nitrogens with one attached hydrogen (secondary N) is 3. The van der Waals surface area contributed by atoms with Crippen LogP contribution in [0.4, 0.5) is 14.9 Å². The van der Waals surface area contributed by atoms with Crippen molar-refractivity contribution >= 4 is 28.6 Å². The number of H-pyrrole nitrogens is 1. The third kappa shape index (κ3) is 3.54. The number of carbonyl (C=O) groups excluding carboxylic acids is 1. The summed E-state index contributed by atoms with van der Waals surface area (Å²) in [7, 11) is 0. The number of carbonyl (C=O) groups is 2. The van der Waals surface area contributed by atoms with Crippen LogP contribution < -0.4 is 20.1 Å². The SMILES string of the molecule is O=C(Nc1ccc2c(c1)OCO2)NC(Cc1c[nH]c2cc(F)ccc12)C(=O)O. The first-order valence-electron chi connectivity index (χ1n) is 8.45. The van der Waals surface area contributed by atoms with Crippen molar-refractivity contribution in [3.63, 3.8) is 0 Å². The number of hydrogen-bond donors (Lipinski definition) is 4. The molecule has 8 nitrogen and oxygen atoms in total. The molecule has 1 unspecified atom stereocenters. The van der Waals surface area contributed by atoms with E-state index in [-0.39, 0.29) is 13.2 Å². The number of aliphatic carboxylic acids is 1. The van der Waals surface area contributed by atoms with E-state index in [2.05, 4.69) is 15.6 Å². The molecule has 2 aromatic carbocycles. The van der Waals surface area contributed by atoms with E-state index in [0.717, 1.165) is 0 Å². The van der Waals surface area contributed by atoms with E-state index in [4.69, 9.17) is 9.47 Å². The number of urea groups is 1. The Kier molecular flexibility index (Phi) is 4.48. The topological polar surface area (TPSA) is 113 Å². The highest BCUT2D eigenvalue weighted by molar-refractivity contribution is 5.93. The number of benzene rings is 2. The molecule has 3 aromatic rings. The maximum Gasteiger partial charge on any atom is 0.326 e. The van der Waals surface area contributed by atoms with Crippen molar-refractivity contribution in [2.45, 2.75) is 12.5 Å². The molecule has 2 amide bonds. The molecule has 1 aliphatic rings. The number of aromatic nitrogens is 1. The van der Waals surface area contributed by atoms with Crippen LogP contribution in [-0.2, 0) is 11.2 Å².